The van der Waals surface area contributed by atoms with Crippen LogP contribution in [0.15, 0.2) is 24.3 Å². The number of carboxylic acids is 2. The van der Waals surface area contributed by atoms with E-state index < -0.39 is 11.9 Å². The summed E-state index contributed by atoms with van der Waals surface area (Å²) in [6, 6.07) is 5.48. The summed E-state index contributed by atoms with van der Waals surface area (Å²) in [6.07, 6.45) is 0. The van der Waals surface area contributed by atoms with Crippen molar-refractivity contribution in [3.63, 3.8) is 0 Å². The molecule has 0 aliphatic heterocycles. The van der Waals surface area contributed by atoms with Crippen molar-refractivity contribution in [3.8, 4) is 0 Å². The third-order valence-corrected chi connectivity index (χ3v) is 1.39. The van der Waals surface area contributed by atoms with Gasteiger partial charge >= 0.3 is 35.0 Å². The fourth-order valence-electron chi connectivity index (χ4n) is 0.856. The topological polar surface area (TPSA) is 74.6 Å². The average Bonchev–Trinajstić information content (AvgIpc) is 2.04. The number of halogens is 2. The first kappa shape index (κ1) is 20.0. The number of carbonyl (C=O) groups is 2. The first-order valence-corrected chi connectivity index (χ1v) is 3.18. The van der Waals surface area contributed by atoms with Gasteiger partial charge in [0.1, 0.15) is 0 Å². The Labute approximate surface area is 115 Å². The molecule has 4 nitrogen and oxygen atoms in total. The zero-order valence-electron chi connectivity index (χ0n) is 7.48. The molecule has 0 aliphatic rings. The van der Waals surface area contributed by atoms with Gasteiger partial charge in [-0.25, -0.2) is 9.59 Å². The molecule has 0 atom stereocenters. The van der Waals surface area contributed by atoms with E-state index in [1.807, 2.05) is 0 Å². The third kappa shape index (κ3) is 5.22. The van der Waals surface area contributed by atoms with Crippen molar-refractivity contribution in [1.82, 2.24) is 0 Å². The van der Waals surface area contributed by atoms with Gasteiger partial charge in [-0.3, -0.25) is 0 Å². The van der Waals surface area contributed by atoms with E-state index in [0.29, 0.717) is 0 Å². The van der Waals surface area contributed by atoms with Gasteiger partial charge in [-0.15, -0.1) is 0 Å². The Balaban J connectivity index is -0.000000480. The van der Waals surface area contributed by atoms with E-state index in [2.05, 4.69) is 0 Å². The Bertz CT molecular complexity index is 310. The second-order valence-corrected chi connectivity index (χ2v) is 2.16. The van der Waals surface area contributed by atoms with E-state index >= 15 is 0 Å². The Kier molecular flexibility index (Phi) is 11.7. The molecule has 0 aliphatic carbocycles. The van der Waals surface area contributed by atoms with E-state index in [9.17, 15) is 9.59 Å². The van der Waals surface area contributed by atoms with Gasteiger partial charge in [0.15, 0.2) is 0 Å². The summed E-state index contributed by atoms with van der Waals surface area (Å²) in [7, 11) is 0. The Morgan fingerprint density at radius 1 is 0.867 bits per heavy atom. The molecule has 1 aromatic carbocycles. The van der Waals surface area contributed by atoms with Crippen LogP contribution in [0.5, 0.6) is 0 Å². The van der Waals surface area contributed by atoms with Crippen molar-refractivity contribution < 1.29 is 44.6 Å². The summed E-state index contributed by atoms with van der Waals surface area (Å²) < 4.78 is 0. The van der Waals surface area contributed by atoms with E-state index in [-0.39, 0.29) is 59.0 Å². The fourth-order valence-corrected chi connectivity index (χ4v) is 0.856. The van der Waals surface area contributed by atoms with Gasteiger partial charge in [0.05, 0.1) is 11.1 Å². The molecule has 1 rings (SSSR count). The number of aromatic carboxylic acids is 2. The Hall–Kier alpha value is -0.494. The van der Waals surface area contributed by atoms with Crippen molar-refractivity contribution in [3.05, 3.63) is 35.4 Å². The predicted molar refractivity (Wildman–Crippen MR) is 46.1 cm³/mol. The van der Waals surface area contributed by atoms with Crippen LogP contribution in [0.25, 0.3) is 0 Å². The molecule has 2 N–H and O–H groups in total. The second kappa shape index (κ2) is 8.79. The monoisotopic (exact) mass is 260 g/mol. The molecule has 0 unspecified atom stereocenters. The van der Waals surface area contributed by atoms with Gasteiger partial charge in [-0.2, -0.15) is 0 Å². The van der Waals surface area contributed by atoms with Gasteiger partial charge < -0.3 is 35.0 Å². The molecule has 0 bridgehead atoms. The summed E-state index contributed by atoms with van der Waals surface area (Å²) >= 11 is 0. The summed E-state index contributed by atoms with van der Waals surface area (Å²) in [5, 5.41) is 17.1. The molecule has 7 heteroatoms. The van der Waals surface area contributed by atoms with Gasteiger partial charge in [0.2, 0.25) is 0 Å². The molecule has 78 valence electrons. The summed E-state index contributed by atoms with van der Waals surface area (Å²) in [5.41, 5.74) is -0.380. The van der Waals surface area contributed by atoms with Crippen LogP contribution in [-0.4, -0.2) is 45.2 Å². The van der Waals surface area contributed by atoms with Crippen molar-refractivity contribution in [2.45, 2.75) is 0 Å². The zero-order valence-corrected chi connectivity index (χ0v) is 10.4. The van der Waals surface area contributed by atoms with Crippen LogP contribution in [0.3, 0.4) is 0 Å². The quantitative estimate of drug-likeness (QED) is 0.522. The van der Waals surface area contributed by atoms with E-state index in [1.165, 1.54) is 24.3 Å². The molecular formula is C8H6Cl2MgO4. The van der Waals surface area contributed by atoms with Gasteiger partial charge in [0, 0.05) is 0 Å². The first-order chi connectivity index (χ1) is 5.63. The number of hydrogen-bond donors (Lipinski definition) is 2. The molecule has 0 aromatic heterocycles. The molecule has 0 heterocycles. The maximum Gasteiger partial charge on any atom is 2.00 e. The molecule has 0 radical (unpaired) electrons. The predicted octanol–water partition coefficient (Wildman–Crippen LogP) is -5.29. The van der Waals surface area contributed by atoms with Crippen LogP contribution < -0.4 is 24.8 Å². The fraction of sp³-hybridized carbons (Fsp3) is 0. The molecule has 0 amide bonds. The van der Waals surface area contributed by atoms with Crippen LogP contribution >= 0.6 is 0 Å². The van der Waals surface area contributed by atoms with E-state index in [1.54, 1.807) is 0 Å². The van der Waals surface area contributed by atoms with Crippen molar-refractivity contribution in [2.24, 2.45) is 0 Å². The molecule has 1 aromatic rings. The van der Waals surface area contributed by atoms with E-state index in [4.69, 9.17) is 10.2 Å². The Morgan fingerprint density at radius 3 is 1.33 bits per heavy atom. The number of hydrogen-bond acceptors (Lipinski definition) is 2. The molecule has 0 saturated heterocycles. The molecular weight excluding hydrogens is 255 g/mol. The van der Waals surface area contributed by atoms with Crippen molar-refractivity contribution >= 4 is 35.0 Å². The summed E-state index contributed by atoms with van der Waals surface area (Å²) in [6.45, 7) is 0. The van der Waals surface area contributed by atoms with Crippen LogP contribution in [-0.2, 0) is 0 Å². The number of benzene rings is 1. The third-order valence-electron chi connectivity index (χ3n) is 1.39. The van der Waals surface area contributed by atoms with Crippen LogP contribution in [0, 0.1) is 0 Å². The van der Waals surface area contributed by atoms with Crippen LogP contribution in [0.2, 0.25) is 0 Å². The van der Waals surface area contributed by atoms with Gasteiger partial charge in [-0.05, 0) is 12.1 Å². The molecule has 0 saturated carbocycles. The van der Waals surface area contributed by atoms with Crippen LogP contribution in [0.4, 0.5) is 0 Å². The minimum absolute atomic E-state index is 0. The minimum atomic E-state index is -1.23. The Morgan fingerprint density at radius 2 is 1.13 bits per heavy atom. The molecule has 0 spiro atoms. The van der Waals surface area contributed by atoms with Crippen LogP contribution in [0.1, 0.15) is 20.7 Å². The maximum atomic E-state index is 10.5. The van der Waals surface area contributed by atoms with Crippen molar-refractivity contribution in [2.75, 3.05) is 0 Å². The van der Waals surface area contributed by atoms with Gasteiger partial charge in [-0.1, -0.05) is 12.1 Å². The smallest absolute Gasteiger partial charge is 1.00 e. The minimum Gasteiger partial charge on any atom is -1.00 e. The maximum absolute atomic E-state index is 10.5. The number of carboxylic acid groups (broad SMARTS) is 2. The first-order valence-electron chi connectivity index (χ1n) is 3.18. The van der Waals surface area contributed by atoms with Crippen molar-refractivity contribution in [1.29, 1.82) is 0 Å². The normalized spacial score (nSPS) is 7.47. The SMILES string of the molecule is O=C(O)c1ccccc1C(=O)O.[Cl-].[Cl-].[Mg+2]. The standard InChI is InChI=1S/C8H6O4.2ClH.Mg/c9-7(10)5-3-1-2-4-6(5)8(11)12;;;/h1-4H,(H,9,10)(H,11,12);2*1H;/q;;;+2/p-2. The molecule has 0 fully saturated rings. The average molecular weight is 261 g/mol. The second-order valence-electron chi connectivity index (χ2n) is 2.16. The number of rotatable bonds is 2. The largest absolute Gasteiger partial charge is 2.00 e. The summed E-state index contributed by atoms with van der Waals surface area (Å²) in [4.78, 5) is 20.9. The zero-order chi connectivity index (χ0) is 9.14. The summed E-state index contributed by atoms with van der Waals surface area (Å²) in [5.74, 6) is -2.46. The molecule has 15 heavy (non-hydrogen) atoms. The van der Waals surface area contributed by atoms with Gasteiger partial charge in [0.25, 0.3) is 0 Å². The van der Waals surface area contributed by atoms with E-state index in [0.717, 1.165) is 0 Å².